The molecule has 15 heavy (non-hydrogen) atoms. The molecule has 2 heteroatoms. The number of rotatable bonds is 2. The topological polar surface area (TPSA) is 26.3 Å². The lowest BCUT2D eigenvalue weighted by atomic mass is 10.1. The van der Waals surface area contributed by atoms with Crippen LogP contribution in [0.25, 0.3) is 6.08 Å². The Balaban J connectivity index is 2.00. The van der Waals surface area contributed by atoms with Gasteiger partial charge in [0.05, 0.1) is 0 Å². The smallest absolute Gasteiger partial charge is 0.331 e. The van der Waals surface area contributed by atoms with Crippen LogP contribution in [-0.2, 0) is 9.53 Å². The summed E-state index contributed by atoms with van der Waals surface area (Å²) < 4.78 is 5.10. The molecule has 0 amide bonds. The van der Waals surface area contributed by atoms with Crippen molar-refractivity contribution in [3.8, 4) is 0 Å². The van der Waals surface area contributed by atoms with Gasteiger partial charge in [0.1, 0.15) is 6.10 Å². The van der Waals surface area contributed by atoms with Crippen LogP contribution in [0.2, 0.25) is 0 Å². The van der Waals surface area contributed by atoms with Crippen LogP contribution < -0.4 is 0 Å². The van der Waals surface area contributed by atoms with E-state index in [4.69, 9.17) is 4.74 Å². The fourth-order valence-corrected chi connectivity index (χ4v) is 1.44. The molecule has 1 aliphatic rings. The molecule has 76 valence electrons. The van der Waals surface area contributed by atoms with Gasteiger partial charge in [-0.3, -0.25) is 0 Å². The van der Waals surface area contributed by atoms with Gasteiger partial charge in [0.2, 0.25) is 0 Å². The van der Waals surface area contributed by atoms with E-state index in [1.807, 2.05) is 48.6 Å². The van der Waals surface area contributed by atoms with E-state index in [-0.39, 0.29) is 12.1 Å². The molecule has 0 radical (unpaired) electrons. The van der Waals surface area contributed by atoms with E-state index < -0.39 is 0 Å². The molecule has 0 aromatic heterocycles. The summed E-state index contributed by atoms with van der Waals surface area (Å²) >= 11 is 0. The van der Waals surface area contributed by atoms with Crippen molar-refractivity contribution in [1.29, 1.82) is 0 Å². The van der Waals surface area contributed by atoms with E-state index in [9.17, 15) is 4.79 Å². The van der Waals surface area contributed by atoms with Gasteiger partial charge in [0.15, 0.2) is 0 Å². The Morgan fingerprint density at radius 3 is 2.80 bits per heavy atom. The minimum Gasteiger partial charge on any atom is -0.455 e. The van der Waals surface area contributed by atoms with Gasteiger partial charge in [-0.1, -0.05) is 42.5 Å². The number of carbonyl (C=O) groups is 1. The van der Waals surface area contributed by atoms with Gasteiger partial charge >= 0.3 is 5.97 Å². The average molecular weight is 200 g/mol. The first-order chi connectivity index (χ1) is 7.34. The maximum absolute atomic E-state index is 10.9. The zero-order valence-corrected chi connectivity index (χ0v) is 8.30. The second-order valence-electron chi connectivity index (χ2n) is 3.38. The van der Waals surface area contributed by atoms with Gasteiger partial charge in [-0.2, -0.15) is 0 Å². The van der Waals surface area contributed by atoms with Crippen LogP contribution in [0.1, 0.15) is 12.0 Å². The van der Waals surface area contributed by atoms with Crippen molar-refractivity contribution in [2.75, 3.05) is 0 Å². The van der Waals surface area contributed by atoms with Crippen molar-refractivity contribution >= 4 is 12.0 Å². The molecule has 2 nitrogen and oxygen atoms in total. The fraction of sp³-hybridized carbons (Fsp3) is 0.154. The van der Waals surface area contributed by atoms with E-state index in [0.717, 1.165) is 12.0 Å². The SMILES string of the molecule is O=C1C=CC[C@H](/C=C\c2ccccc2)O1. The normalized spacial score (nSPS) is 20.5. The van der Waals surface area contributed by atoms with E-state index in [0.29, 0.717) is 0 Å². The number of hydrogen-bond donors (Lipinski definition) is 0. The van der Waals surface area contributed by atoms with Gasteiger partial charge in [-0.05, 0) is 11.6 Å². The quantitative estimate of drug-likeness (QED) is 0.686. The van der Waals surface area contributed by atoms with Crippen LogP contribution >= 0.6 is 0 Å². The predicted molar refractivity (Wildman–Crippen MR) is 59.1 cm³/mol. The zero-order chi connectivity index (χ0) is 10.5. The first-order valence-electron chi connectivity index (χ1n) is 4.95. The first kappa shape index (κ1) is 9.71. The van der Waals surface area contributed by atoms with Gasteiger partial charge < -0.3 is 4.74 Å². The highest BCUT2D eigenvalue weighted by molar-refractivity contribution is 5.83. The molecule has 1 aromatic rings. The number of carbonyl (C=O) groups excluding carboxylic acids is 1. The summed E-state index contributed by atoms with van der Waals surface area (Å²) in [5, 5.41) is 0. The molecule has 0 spiro atoms. The highest BCUT2D eigenvalue weighted by Crippen LogP contribution is 2.11. The first-order valence-corrected chi connectivity index (χ1v) is 4.95. The van der Waals surface area contributed by atoms with Crippen LogP contribution in [0, 0.1) is 0 Å². The molecule has 1 atom stereocenters. The van der Waals surface area contributed by atoms with Crippen molar-refractivity contribution in [3.63, 3.8) is 0 Å². The molecule has 0 fully saturated rings. The van der Waals surface area contributed by atoms with E-state index in [1.165, 1.54) is 6.08 Å². The van der Waals surface area contributed by atoms with E-state index >= 15 is 0 Å². The molecule has 1 aliphatic heterocycles. The monoisotopic (exact) mass is 200 g/mol. The molecule has 0 saturated heterocycles. The van der Waals surface area contributed by atoms with Crippen molar-refractivity contribution in [1.82, 2.24) is 0 Å². The number of cyclic esters (lactones) is 1. The Morgan fingerprint density at radius 2 is 2.07 bits per heavy atom. The summed E-state index contributed by atoms with van der Waals surface area (Å²) in [6.07, 6.45) is 7.82. The van der Waals surface area contributed by atoms with E-state index in [1.54, 1.807) is 0 Å². The van der Waals surface area contributed by atoms with Crippen molar-refractivity contribution < 1.29 is 9.53 Å². The number of hydrogen-bond acceptors (Lipinski definition) is 2. The van der Waals surface area contributed by atoms with E-state index in [2.05, 4.69) is 0 Å². The maximum Gasteiger partial charge on any atom is 0.331 e. The second-order valence-corrected chi connectivity index (χ2v) is 3.38. The summed E-state index contributed by atoms with van der Waals surface area (Å²) in [4.78, 5) is 10.9. The van der Waals surface area contributed by atoms with Crippen LogP contribution in [0.15, 0.2) is 48.6 Å². The molecule has 0 N–H and O–H groups in total. The third kappa shape index (κ3) is 2.81. The minimum absolute atomic E-state index is 0.122. The van der Waals surface area contributed by atoms with Crippen molar-refractivity contribution in [2.45, 2.75) is 12.5 Å². The summed E-state index contributed by atoms with van der Waals surface area (Å²) in [6.45, 7) is 0. The number of ether oxygens (including phenoxy) is 1. The third-order valence-electron chi connectivity index (χ3n) is 2.19. The average Bonchev–Trinajstić information content (AvgIpc) is 2.28. The molecular weight excluding hydrogens is 188 g/mol. The van der Waals surface area contributed by atoms with Crippen molar-refractivity contribution in [2.24, 2.45) is 0 Å². The lowest BCUT2D eigenvalue weighted by Gasteiger charge is -2.14. The summed E-state index contributed by atoms with van der Waals surface area (Å²) in [7, 11) is 0. The van der Waals surface area contributed by atoms with Crippen LogP contribution in [0.3, 0.4) is 0 Å². The molecule has 0 unspecified atom stereocenters. The predicted octanol–water partition coefficient (Wildman–Crippen LogP) is 2.57. The largest absolute Gasteiger partial charge is 0.455 e. The van der Waals surface area contributed by atoms with Gasteiger partial charge in [-0.25, -0.2) is 4.79 Å². The zero-order valence-electron chi connectivity index (χ0n) is 8.30. The van der Waals surface area contributed by atoms with Crippen LogP contribution in [0.4, 0.5) is 0 Å². The van der Waals surface area contributed by atoms with Crippen LogP contribution in [0.5, 0.6) is 0 Å². The Labute approximate surface area is 88.9 Å². The van der Waals surface area contributed by atoms with Crippen molar-refractivity contribution in [3.05, 3.63) is 54.1 Å². The third-order valence-corrected chi connectivity index (χ3v) is 2.19. The Bertz CT molecular complexity index is 390. The van der Waals surface area contributed by atoms with Gasteiger partial charge in [0, 0.05) is 12.5 Å². The molecule has 0 saturated carbocycles. The molecule has 0 aliphatic carbocycles. The lowest BCUT2D eigenvalue weighted by molar-refractivity contribution is -0.141. The molecule has 0 bridgehead atoms. The van der Waals surface area contributed by atoms with Gasteiger partial charge in [0.25, 0.3) is 0 Å². The lowest BCUT2D eigenvalue weighted by Crippen LogP contribution is -2.17. The highest BCUT2D eigenvalue weighted by Gasteiger charge is 2.11. The molecule has 2 rings (SSSR count). The maximum atomic E-state index is 10.9. The Morgan fingerprint density at radius 1 is 1.27 bits per heavy atom. The number of benzene rings is 1. The standard InChI is InChI=1S/C13H12O2/c14-13-8-4-7-12(15-13)10-9-11-5-2-1-3-6-11/h1-6,8-10,12H,7H2/b10-9-/t12-/m1/s1. The Kier molecular flexibility index (Phi) is 2.98. The molecule has 1 aromatic carbocycles. The second kappa shape index (κ2) is 4.60. The fourth-order valence-electron chi connectivity index (χ4n) is 1.44. The highest BCUT2D eigenvalue weighted by atomic mass is 16.5. The van der Waals surface area contributed by atoms with Gasteiger partial charge in [-0.15, -0.1) is 0 Å². The molecular formula is C13H12O2. The summed E-state index contributed by atoms with van der Waals surface area (Å²) in [5.74, 6) is -0.260. The minimum atomic E-state index is -0.260. The number of esters is 1. The van der Waals surface area contributed by atoms with Crippen LogP contribution in [-0.4, -0.2) is 12.1 Å². The summed E-state index contributed by atoms with van der Waals surface area (Å²) in [6, 6.07) is 9.95. The Hall–Kier alpha value is -1.83. The molecule has 1 heterocycles. The summed E-state index contributed by atoms with van der Waals surface area (Å²) in [5.41, 5.74) is 1.11.